The Morgan fingerprint density at radius 1 is 1.23 bits per heavy atom. The lowest BCUT2D eigenvalue weighted by Gasteiger charge is -2.53. The third-order valence-corrected chi connectivity index (χ3v) is 6.36. The average molecular weight is 421 g/mol. The molecule has 170 valence electrons. The van der Waals surface area contributed by atoms with Crippen molar-refractivity contribution in [3.05, 3.63) is 48.0 Å². The van der Waals surface area contributed by atoms with E-state index in [9.17, 15) is 10.2 Å². The molecule has 0 aliphatic carbocycles. The number of allylic oxidation sites excluding steroid dienone is 1. The first-order valence-electron chi connectivity index (χ1n) is 11.1. The standard InChI is InChI=1S/C25H40O5/c1-7-8-14-24(4,5)25(28-6)23(27)22(26)16-21(30-25)15-18(2)19(3)29-17-20-12-10-9-11-13-20/h8-14,18-19,21-23,26-27H,7,15-17H2,1-6H3/b14-8+/t18-,19+,21-,22+,23+,25-/m1/s1. The number of hydrogen-bond acceptors (Lipinski definition) is 5. The van der Waals surface area contributed by atoms with E-state index in [-0.39, 0.29) is 18.1 Å². The highest BCUT2D eigenvalue weighted by Crippen LogP contribution is 2.45. The van der Waals surface area contributed by atoms with Crippen LogP contribution in [0.2, 0.25) is 0 Å². The minimum atomic E-state index is -1.31. The molecule has 1 aromatic rings. The van der Waals surface area contributed by atoms with E-state index in [1.807, 2.05) is 44.2 Å². The van der Waals surface area contributed by atoms with Crippen LogP contribution in [0.5, 0.6) is 0 Å². The maximum Gasteiger partial charge on any atom is 0.205 e. The summed E-state index contributed by atoms with van der Waals surface area (Å²) >= 11 is 0. The van der Waals surface area contributed by atoms with E-state index in [4.69, 9.17) is 14.2 Å². The van der Waals surface area contributed by atoms with Crippen molar-refractivity contribution in [3.63, 3.8) is 0 Å². The van der Waals surface area contributed by atoms with Crippen molar-refractivity contribution >= 4 is 0 Å². The van der Waals surface area contributed by atoms with Gasteiger partial charge in [-0.05, 0) is 31.2 Å². The molecule has 1 saturated heterocycles. The van der Waals surface area contributed by atoms with Gasteiger partial charge < -0.3 is 24.4 Å². The van der Waals surface area contributed by atoms with E-state index in [2.05, 4.69) is 32.9 Å². The van der Waals surface area contributed by atoms with E-state index in [0.717, 1.165) is 12.0 Å². The van der Waals surface area contributed by atoms with Gasteiger partial charge in [0.15, 0.2) is 0 Å². The molecule has 1 aromatic carbocycles. The van der Waals surface area contributed by atoms with Gasteiger partial charge in [-0.3, -0.25) is 0 Å². The van der Waals surface area contributed by atoms with Crippen molar-refractivity contribution in [2.24, 2.45) is 11.3 Å². The Hall–Kier alpha value is -1.24. The largest absolute Gasteiger partial charge is 0.390 e. The van der Waals surface area contributed by atoms with Crippen molar-refractivity contribution in [2.75, 3.05) is 7.11 Å². The number of aliphatic hydroxyl groups is 2. The van der Waals surface area contributed by atoms with E-state index in [1.165, 1.54) is 7.11 Å². The zero-order valence-corrected chi connectivity index (χ0v) is 19.4. The van der Waals surface area contributed by atoms with Crippen LogP contribution in [0.1, 0.15) is 59.4 Å². The van der Waals surface area contributed by atoms with Crippen LogP contribution >= 0.6 is 0 Å². The fourth-order valence-corrected chi connectivity index (χ4v) is 4.23. The molecule has 1 aliphatic heterocycles. The van der Waals surface area contributed by atoms with Gasteiger partial charge in [-0.2, -0.15) is 0 Å². The van der Waals surface area contributed by atoms with Gasteiger partial charge in [0.1, 0.15) is 6.10 Å². The molecular weight excluding hydrogens is 380 g/mol. The van der Waals surface area contributed by atoms with Crippen molar-refractivity contribution in [3.8, 4) is 0 Å². The predicted molar refractivity (Wildman–Crippen MR) is 119 cm³/mol. The fraction of sp³-hybridized carbons (Fsp3) is 0.680. The number of methoxy groups -OCH3 is 1. The van der Waals surface area contributed by atoms with Crippen LogP contribution < -0.4 is 0 Å². The van der Waals surface area contributed by atoms with Crippen LogP contribution in [0.25, 0.3) is 0 Å². The molecule has 6 atom stereocenters. The van der Waals surface area contributed by atoms with Crippen LogP contribution in [0.15, 0.2) is 42.5 Å². The van der Waals surface area contributed by atoms with Gasteiger partial charge in [0.2, 0.25) is 5.79 Å². The van der Waals surface area contributed by atoms with Gasteiger partial charge in [-0.25, -0.2) is 0 Å². The maximum atomic E-state index is 10.8. The first kappa shape index (κ1) is 25.0. The second-order valence-corrected chi connectivity index (χ2v) is 9.11. The summed E-state index contributed by atoms with van der Waals surface area (Å²) in [7, 11) is 1.54. The van der Waals surface area contributed by atoms with E-state index >= 15 is 0 Å². The van der Waals surface area contributed by atoms with Crippen molar-refractivity contribution in [2.45, 2.75) is 90.7 Å². The number of rotatable bonds is 10. The van der Waals surface area contributed by atoms with E-state index in [0.29, 0.717) is 19.4 Å². The third-order valence-electron chi connectivity index (χ3n) is 6.36. The topological polar surface area (TPSA) is 68.2 Å². The first-order valence-corrected chi connectivity index (χ1v) is 11.1. The molecule has 1 aliphatic rings. The molecule has 0 bridgehead atoms. The number of hydrogen-bond donors (Lipinski definition) is 2. The number of aliphatic hydroxyl groups excluding tert-OH is 2. The maximum absolute atomic E-state index is 10.8. The zero-order chi connectivity index (χ0) is 22.4. The van der Waals surface area contributed by atoms with Crippen molar-refractivity contribution in [1.82, 2.24) is 0 Å². The van der Waals surface area contributed by atoms with Gasteiger partial charge in [0.05, 0.1) is 24.9 Å². The molecule has 0 unspecified atom stereocenters. The van der Waals surface area contributed by atoms with Crippen molar-refractivity contribution < 1.29 is 24.4 Å². The van der Waals surface area contributed by atoms with Crippen LogP contribution in [0, 0.1) is 11.3 Å². The summed E-state index contributed by atoms with van der Waals surface area (Å²) in [5.41, 5.74) is 0.530. The summed E-state index contributed by atoms with van der Waals surface area (Å²) < 4.78 is 18.3. The highest BCUT2D eigenvalue weighted by molar-refractivity contribution is 5.13. The molecule has 0 amide bonds. The second kappa shape index (κ2) is 10.9. The summed E-state index contributed by atoms with van der Waals surface area (Å²) in [6.45, 7) is 10.8. The van der Waals surface area contributed by atoms with Crippen LogP contribution in [-0.2, 0) is 20.8 Å². The lowest BCUT2D eigenvalue weighted by Crippen LogP contribution is -2.65. The second-order valence-electron chi connectivity index (χ2n) is 9.11. The molecule has 2 rings (SSSR count). The molecule has 5 heteroatoms. The molecule has 2 N–H and O–H groups in total. The summed E-state index contributed by atoms with van der Waals surface area (Å²) in [5, 5.41) is 21.5. The summed E-state index contributed by atoms with van der Waals surface area (Å²) in [5.74, 6) is -1.10. The highest BCUT2D eigenvalue weighted by atomic mass is 16.7. The lowest BCUT2D eigenvalue weighted by molar-refractivity contribution is -0.366. The zero-order valence-electron chi connectivity index (χ0n) is 19.4. The monoisotopic (exact) mass is 420 g/mol. The summed E-state index contributed by atoms with van der Waals surface area (Å²) in [4.78, 5) is 0. The molecule has 5 nitrogen and oxygen atoms in total. The molecule has 1 heterocycles. The molecule has 0 spiro atoms. The van der Waals surface area contributed by atoms with E-state index in [1.54, 1.807) is 0 Å². The molecule has 0 saturated carbocycles. The molecular formula is C25H40O5. The Labute approximate surface area is 182 Å². The summed E-state index contributed by atoms with van der Waals surface area (Å²) in [6.07, 6.45) is 3.74. The van der Waals surface area contributed by atoms with Gasteiger partial charge in [0.25, 0.3) is 0 Å². The lowest BCUT2D eigenvalue weighted by atomic mass is 9.74. The quantitative estimate of drug-likeness (QED) is 0.547. The normalized spacial score (nSPS) is 29.8. The third kappa shape index (κ3) is 5.71. The SMILES string of the molecule is CC/C=C/C(C)(C)[C@]1(OC)O[C@H](C[C@@H](C)[C@H](C)OCc2ccccc2)C[C@H](O)[C@@H]1O. The minimum absolute atomic E-state index is 0.0303. The van der Waals surface area contributed by atoms with Crippen molar-refractivity contribution in [1.29, 1.82) is 0 Å². The van der Waals surface area contributed by atoms with Gasteiger partial charge in [-0.15, -0.1) is 0 Å². The Bertz CT molecular complexity index is 659. The molecule has 30 heavy (non-hydrogen) atoms. The summed E-state index contributed by atoms with van der Waals surface area (Å²) in [6, 6.07) is 10.1. The fourth-order valence-electron chi connectivity index (χ4n) is 4.23. The predicted octanol–water partition coefficient (Wildman–Crippen LogP) is 4.46. The Balaban J connectivity index is 2.07. The highest BCUT2D eigenvalue weighted by Gasteiger charge is 2.57. The smallest absolute Gasteiger partial charge is 0.205 e. The average Bonchev–Trinajstić information content (AvgIpc) is 2.73. The van der Waals surface area contributed by atoms with Gasteiger partial charge in [-0.1, -0.05) is 70.2 Å². The van der Waals surface area contributed by atoms with Crippen LogP contribution in [-0.4, -0.2) is 47.5 Å². The Morgan fingerprint density at radius 2 is 1.90 bits per heavy atom. The van der Waals surface area contributed by atoms with E-state index < -0.39 is 23.4 Å². The number of ether oxygens (including phenoxy) is 3. The molecule has 0 aromatic heterocycles. The molecule has 1 fully saturated rings. The first-order chi connectivity index (χ1) is 14.2. The van der Waals surface area contributed by atoms with Crippen LogP contribution in [0.3, 0.4) is 0 Å². The van der Waals surface area contributed by atoms with Crippen LogP contribution in [0.4, 0.5) is 0 Å². The van der Waals surface area contributed by atoms with Gasteiger partial charge in [0, 0.05) is 18.9 Å². The Morgan fingerprint density at radius 3 is 2.50 bits per heavy atom. The Kier molecular flexibility index (Phi) is 9.07. The number of benzene rings is 1. The molecule has 0 radical (unpaired) electrons. The van der Waals surface area contributed by atoms with Gasteiger partial charge >= 0.3 is 0 Å². The minimum Gasteiger partial charge on any atom is -0.390 e.